The van der Waals surface area contributed by atoms with Crippen LogP contribution in [-0.2, 0) is 10.5 Å². The lowest BCUT2D eigenvalue weighted by atomic mass is 10.2. The number of nitrogens with one attached hydrogen (secondary N) is 2. The second-order valence-corrected chi connectivity index (χ2v) is 7.27. The summed E-state index contributed by atoms with van der Waals surface area (Å²) in [6, 6.07) is 16.4. The minimum absolute atomic E-state index is 0.222. The number of methoxy groups -OCH3 is 1. The Labute approximate surface area is 173 Å². The predicted octanol–water partition coefficient (Wildman–Crippen LogP) is 4.59. The minimum Gasteiger partial charge on any atom is -0.497 e. The molecule has 0 aliphatic heterocycles. The molecule has 2 aromatic carbocycles. The van der Waals surface area contributed by atoms with E-state index in [-0.39, 0.29) is 11.8 Å². The number of anilines is 2. The summed E-state index contributed by atoms with van der Waals surface area (Å²) in [5.41, 5.74) is 2.64. The SMILES string of the molecule is COc1ccc(NC(C)=O)c(NC(=O)c2ccc(SCc3cccnc3)cc2)c1. The molecule has 0 saturated heterocycles. The molecule has 3 aromatic rings. The Morgan fingerprint density at radius 2 is 1.83 bits per heavy atom. The minimum atomic E-state index is -0.270. The van der Waals surface area contributed by atoms with Crippen molar-refractivity contribution in [1.82, 2.24) is 4.98 Å². The average Bonchev–Trinajstić information content (AvgIpc) is 2.74. The van der Waals surface area contributed by atoms with E-state index in [1.807, 2.05) is 30.5 Å². The summed E-state index contributed by atoms with van der Waals surface area (Å²) in [6.07, 6.45) is 3.59. The molecule has 1 heterocycles. The molecule has 0 radical (unpaired) electrons. The lowest BCUT2D eigenvalue weighted by Crippen LogP contribution is -2.15. The van der Waals surface area contributed by atoms with Crippen LogP contribution in [0.4, 0.5) is 11.4 Å². The summed E-state index contributed by atoms with van der Waals surface area (Å²) in [5.74, 6) is 0.898. The third-order valence-electron chi connectivity index (χ3n) is 4.03. The normalized spacial score (nSPS) is 10.3. The molecular formula is C22H21N3O3S. The number of carbonyl (C=O) groups is 2. The average molecular weight is 407 g/mol. The molecule has 2 N–H and O–H groups in total. The van der Waals surface area contributed by atoms with Crippen LogP contribution in [0.25, 0.3) is 0 Å². The van der Waals surface area contributed by atoms with Crippen LogP contribution in [0.1, 0.15) is 22.8 Å². The highest BCUT2D eigenvalue weighted by Crippen LogP contribution is 2.28. The second kappa shape index (κ2) is 9.75. The van der Waals surface area contributed by atoms with E-state index in [2.05, 4.69) is 15.6 Å². The molecule has 0 fully saturated rings. The van der Waals surface area contributed by atoms with Gasteiger partial charge in [0.2, 0.25) is 5.91 Å². The van der Waals surface area contributed by atoms with E-state index >= 15 is 0 Å². The van der Waals surface area contributed by atoms with E-state index in [0.717, 1.165) is 16.2 Å². The molecule has 3 rings (SSSR count). The molecule has 2 amide bonds. The maximum Gasteiger partial charge on any atom is 0.255 e. The highest BCUT2D eigenvalue weighted by atomic mass is 32.2. The van der Waals surface area contributed by atoms with Crippen molar-refractivity contribution in [1.29, 1.82) is 0 Å². The Morgan fingerprint density at radius 1 is 1.03 bits per heavy atom. The van der Waals surface area contributed by atoms with Crippen LogP contribution in [0.15, 0.2) is 71.9 Å². The van der Waals surface area contributed by atoms with E-state index in [9.17, 15) is 9.59 Å². The first-order valence-electron chi connectivity index (χ1n) is 8.94. The van der Waals surface area contributed by atoms with Crippen LogP contribution in [0.5, 0.6) is 5.75 Å². The maximum absolute atomic E-state index is 12.7. The fraction of sp³-hybridized carbons (Fsp3) is 0.136. The molecule has 0 aliphatic rings. The fourth-order valence-electron chi connectivity index (χ4n) is 2.60. The number of ether oxygens (including phenoxy) is 1. The van der Waals surface area contributed by atoms with Crippen molar-refractivity contribution in [2.75, 3.05) is 17.7 Å². The van der Waals surface area contributed by atoms with Gasteiger partial charge in [0, 0.05) is 41.6 Å². The zero-order valence-corrected chi connectivity index (χ0v) is 17.0. The molecule has 0 aliphatic carbocycles. The van der Waals surface area contributed by atoms with Gasteiger partial charge in [-0.1, -0.05) is 6.07 Å². The van der Waals surface area contributed by atoms with Crippen LogP contribution >= 0.6 is 11.8 Å². The number of nitrogens with zero attached hydrogens (tertiary/aromatic N) is 1. The van der Waals surface area contributed by atoms with Gasteiger partial charge < -0.3 is 15.4 Å². The number of aromatic nitrogens is 1. The predicted molar refractivity (Wildman–Crippen MR) is 115 cm³/mol. The van der Waals surface area contributed by atoms with Gasteiger partial charge in [-0.3, -0.25) is 14.6 Å². The summed E-state index contributed by atoms with van der Waals surface area (Å²) in [7, 11) is 1.54. The molecule has 0 bridgehead atoms. The van der Waals surface area contributed by atoms with Gasteiger partial charge in [-0.15, -0.1) is 11.8 Å². The fourth-order valence-corrected chi connectivity index (χ4v) is 3.43. The van der Waals surface area contributed by atoms with Crippen LogP contribution in [0, 0.1) is 0 Å². The number of rotatable bonds is 7. The zero-order valence-electron chi connectivity index (χ0n) is 16.1. The molecule has 29 heavy (non-hydrogen) atoms. The number of hydrogen-bond acceptors (Lipinski definition) is 5. The van der Waals surface area contributed by atoms with Crippen molar-refractivity contribution < 1.29 is 14.3 Å². The Bertz CT molecular complexity index is 992. The van der Waals surface area contributed by atoms with E-state index in [4.69, 9.17) is 4.74 Å². The maximum atomic E-state index is 12.7. The van der Waals surface area contributed by atoms with Crippen LogP contribution in [0.3, 0.4) is 0 Å². The number of hydrogen-bond donors (Lipinski definition) is 2. The Balaban J connectivity index is 1.68. The smallest absolute Gasteiger partial charge is 0.255 e. The quantitative estimate of drug-likeness (QED) is 0.560. The lowest BCUT2D eigenvalue weighted by molar-refractivity contribution is -0.114. The van der Waals surface area contributed by atoms with E-state index in [0.29, 0.717) is 22.7 Å². The van der Waals surface area contributed by atoms with Gasteiger partial charge in [-0.2, -0.15) is 0 Å². The third-order valence-corrected chi connectivity index (χ3v) is 5.11. The Kier molecular flexibility index (Phi) is 6.86. The van der Waals surface area contributed by atoms with Gasteiger partial charge in [-0.25, -0.2) is 0 Å². The van der Waals surface area contributed by atoms with Gasteiger partial charge in [0.1, 0.15) is 5.75 Å². The Hall–Kier alpha value is -3.32. The van der Waals surface area contributed by atoms with E-state index < -0.39 is 0 Å². The second-order valence-electron chi connectivity index (χ2n) is 6.22. The highest BCUT2D eigenvalue weighted by molar-refractivity contribution is 7.98. The first-order valence-corrected chi connectivity index (χ1v) is 9.92. The van der Waals surface area contributed by atoms with E-state index in [1.165, 1.54) is 6.92 Å². The molecule has 0 saturated carbocycles. The highest BCUT2D eigenvalue weighted by Gasteiger charge is 2.12. The summed E-state index contributed by atoms with van der Waals surface area (Å²) >= 11 is 1.68. The first-order chi connectivity index (χ1) is 14.0. The summed E-state index contributed by atoms with van der Waals surface area (Å²) in [6.45, 7) is 1.41. The summed E-state index contributed by atoms with van der Waals surface area (Å²) < 4.78 is 5.21. The standard InChI is InChI=1S/C22H21N3O3S/c1-15(26)24-20-10-7-18(28-2)12-21(20)25-22(27)17-5-8-19(9-6-17)29-14-16-4-3-11-23-13-16/h3-13H,14H2,1-2H3,(H,24,26)(H,25,27). The van der Waals surface area contributed by atoms with Gasteiger partial charge >= 0.3 is 0 Å². The largest absolute Gasteiger partial charge is 0.497 e. The van der Waals surface area contributed by atoms with Crippen molar-refractivity contribution in [2.24, 2.45) is 0 Å². The summed E-state index contributed by atoms with van der Waals surface area (Å²) in [5, 5.41) is 5.54. The number of carbonyl (C=O) groups excluding carboxylic acids is 2. The molecule has 148 valence electrons. The molecule has 6 nitrogen and oxygen atoms in total. The molecule has 0 spiro atoms. The van der Waals surface area contributed by atoms with Crippen LogP contribution in [-0.4, -0.2) is 23.9 Å². The van der Waals surface area contributed by atoms with Crippen LogP contribution < -0.4 is 15.4 Å². The van der Waals surface area contributed by atoms with Gasteiger partial charge in [0.05, 0.1) is 18.5 Å². The number of benzene rings is 2. The van der Waals surface area contributed by atoms with Gasteiger partial charge in [0.15, 0.2) is 0 Å². The molecular weight excluding hydrogens is 386 g/mol. The number of thioether (sulfide) groups is 1. The molecule has 1 aromatic heterocycles. The molecule has 7 heteroatoms. The third kappa shape index (κ3) is 5.83. The van der Waals surface area contributed by atoms with Crippen molar-refractivity contribution in [3.8, 4) is 5.75 Å². The first kappa shape index (κ1) is 20.4. The molecule has 0 atom stereocenters. The van der Waals surface area contributed by atoms with Crippen molar-refractivity contribution in [2.45, 2.75) is 17.6 Å². The van der Waals surface area contributed by atoms with E-state index in [1.54, 1.807) is 55.4 Å². The number of amides is 2. The monoisotopic (exact) mass is 407 g/mol. The summed E-state index contributed by atoms with van der Waals surface area (Å²) in [4.78, 5) is 29.2. The van der Waals surface area contributed by atoms with Crippen LogP contribution in [0.2, 0.25) is 0 Å². The zero-order chi connectivity index (χ0) is 20.6. The van der Waals surface area contributed by atoms with Gasteiger partial charge in [-0.05, 0) is 48.0 Å². The number of pyridine rings is 1. The van der Waals surface area contributed by atoms with Crippen molar-refractivity contribution in [3.05, 3.63) is 78.1 Å². The topological polar surface area (TPSA) is 80.3 Å². The van der Waals surface area contributed by atoms with Gasteiger partial charge in [0.25, 0.3) is 5.91 Å². The Morgan fingerprint density at radius 3 is 2.48 bits per heavy atom. The van der Waals surface area contributed by atoms with Crippen molar-refractivity contribution in [3.63, 3.8) is 0 Å². The van der Waals surface area contributed by atoms with Crippen molar-refractivity contribution >= 4 is 35.0 Å². The molecule has 0 unspecified atom stereocenters. The lowest BCUT2D eigenvalue weighted by Gasteiger charge is -2.13.